The number of sulfonamides is 1. The first-order chi connectivity index (χ1) is 11.9. The van der Waals surface area contributed by atoms with E-state index in [0.717, 1.165) is 11.1 Å². The van der Waals surface area contributed by atoms with Crippen LogP contribution in [0.15, 0.2) is 47.4 Å². The summed E-state index contributed by atoms with van der Waals surface area (Å²) in [7, 11) is -2.14. The van der Waals surface area contributed by atoms with Gasteiger partial charge in [-0.15, -0.1) is 0 Å². The van der Waals surface area contributed by atoms with Crippen LogP contribution in [-0.4, -0.2) is 39.5 Å². The zero-order valence-electron chi connectivity index (χ0n) is 14.2. The van der Waals surface area contributed by atoms with E-state index in [0.29, 0.717) is 25.4 Å². The molecule has 1 aliphatic heterocycles. The van der Waals surface area contributed by atoms with Gasteiger partial charge in [0.1, 0.15) is 10.6 Å². The summed E-state index contributed by atoms with van der Waals surface area (Å²) in [6, 6.07) is 12.2. The molecule has 0 aromatic heterocycles. The maximum Gasteiger partial charge on any atom is 0.245 e. The van der Waals surface area contributed by atoms with Crippen LogP contribution in [0.25, 0.3) is 0 Å². The van der Waals surface area contributed by atoms with Gasteiger partial charge in [0, 0.05) is 25.2 Å². The molecule has 0 spiro atoms. The molecular weight excluding hydrogens is 360 g/mol. The average molecular weight is 381 g/mol. The monoisotopic (exact) mass is 380 g/mol. The van der Waals surface area contributed by atoms with Gasteiger partial charge in [0.25, 0.3) is 0 Å². The highest BCUT2D eigenvalue weighted by atomic mass is 35.5. The van der Waals surface area contributed by atoms with Crippen molar-refractivity contribution in [2.45, 2.75) is 17.9 Å². The minimum atomic E-state index is -3.73. The molecule has 134 valence electrons. The Hall–Kier alpha value is -1.60. The van der Waals surface area contributed by atoms with E-state index >= 15 is 0 Å². The molecule has 0 amide bonds. The van der Waals surface area contributed by atoms with Crippen molar-refractivity contribution in [3.8, 4) is 5.75 Å². The molecule has 2 aromatic carbocycles. The van der Waals surface area contributed by atoms with Crippen molar-refractivity contribution >= 4 is 21.6 Å². The summed E-state index contributed by atoms with van der Waals surface area (Å²) in [4.78, 5) is 0.149. The van der Waals surface area contributed by atoms with Gasteiger partial charge in [-0.1, -0.05) is 35.9 Å². The van der Waals surface area contributed by atoms with Crippen LogP contribution >= 0.6 is 11.6 Å². The highest BCUT2D eigenvalue weighted by molar-refractivity contribution is 7.89. The normalized spacial score (nSPS) is 18.9. The molecule has 3 rings (SSSR count). The predicted molar refractivity (Wildman–Crippen MR) is 98.7 cm³/mol. The number of ether oxygens (including phenoxy) is 1. The van der Waals surface area contributed by atoms with Gasteiger partial charge < -0.3 is 10.1 Å². The zero-order chi connectivity index (χ0) is 18.0. The molecule has 1 aliphatic rings. The van der Waals surface area contributed by atoms with Gasteiger partial charge in [-0.05, 0) is 30.7 Å². The Kier molecular flexibility index (Phi) is 5.34. The summed E-state index contributed by atoms with van der Waals surface area (Å²) in [5.41, 5.74) is 1.69. The Balaban J connectivity index is 2.08. The number of nitrogens with one attached hydrogen (secondary N) is 1. The van der Waals surface area contributed by atoms with E-state index in [1.54, 1.807) is 25.3 Å². The number of hydrogen-bond acceptors (Lipinski definition) is 4. The van der Waals surface area contributed by atoms with Gasteiger partial charge in [-0.25, -0.2) is 8.42 Å². The van der Waals surface area contributed by atoms with Gasteiger partial charge in [-0.2, -0.15) is 4.31 Å². The summed E-state index contributed by atoms with van der Waals surface area (Å²) in [6.45, 7) is 3.33. The van der Waals surface area contributed by atoms with Crippen LogP contribution in [-0.2, 0) is 10.0 Å². The summed E-state index contributed by atoms with van der Waals surface area (Å²) in [5, 5.41) is 3.51. The second kappa shape index (κ2) is 7.33. The summed E-state index contributed by atoms with van der Waals surface area (Å²) in [6.07, 6.45) is 0. The molecule has 5 nitrogen and oxygen atoms in total. The van der Waals surface area contributed by atoms with Crippen molar-refractivity contribution in [3.63, 3.8) is 0 Å². The van der Waals surface area contributed by atoms with Crippen LogP contribution in [0.2, 0.25) is 5.02 Å². The first-order valence-corrected chi connectivity index (χ1v) is 9.88. The maximum absolute atomic E-state index is 13.3. The van der Waals surface area contributed by atoms with Crippen LogP contribution in [0.5, 0.6) is 5.75 Å². The molecule has 2 aromatic rings. The number of benzene rings is 2. The maximum atomic E-state index is 13.3. The fourth-order valence-electron chi connectivity index (χ4n) is 3.11. The molecule has 0 bridgehead atoms. The van der Waals surface area contributed by atoms with Gasteiger partial charge in [0.05, 0.1) is 18.2 Å². The Bertz CT molecular complexity index is 870. The lowest BCUT2D eigenvalue weighted by molar-refractivity contribution is 0.264. The Morgan fingerprint density at radius 2 is 2.00 bits per heavy atom. The number of piperazine rings is 1. The number of halogens is 1. The lowest BCUT2D eigenvalue weighted by atomic mass is 10.0. The molecule has 0 radical (unpaired) electrons. The number of rotatable bonds is 4. The minimum absolute atomic E-state index is 0.149. The summed E-state index contributed by atoms with van der Waals surface area (Å²) < 4.78 is 33.6. The second-order valence-electron chi connectivity index (χ2n) is 6.01. The fourth-order valence-corrected chi connectivity index (χ4v) is 5.28. The van der Waals surface area contributed by atoms with E-state index in [-0.39, 0.29) is 16.0 Å². The molecule has 0 aliphatic carbocycles. The Morgan fingerprint density at radius 1 is 1.24 bits per heavy atom. The minimum Gasteiger partial charge on any atom is -0.496 e. The molecule has 25 heavy (non-hydrogen) atoms. The zero-order valence-corrected chi connectivity index (χ0v) is 15.8. The van der Waals surface area contributed by atoms with Crippen LogP contribution in [0.4, 0.5) is 0 Å². The highest BCUT2D eigenvalue weighted by Gasteiger charge is 2.36. The number of aryl methyl sites for hydroxylation is 1. The standard InChI is InChI=1S/C18H21ClN2O3S/c1-13-7-8-15(19)18(11-13)25(22,23)21-10-9-20-12-16(21)14-5-3-4-6-17(14)24-2/h3-8,11,16,20H,9-10,12H2,1-2H3. The van der Waals surface area contributed by atoms with Crippen molar-refractivity contribution in [2.75, 3.05) is 26.7 Å². The van der Waals surface area contributed by atoms with Crippen molar-refractivity contribution in [3.05, 3.63) is 58.6 Å². The van der Waals surface area contributed by atoms with Gasteiger partial charge in [0.15, 0.2) is 0 Å². The van der Waals surface area contributed by atoms with Crippen LogP contribution < -0.4 is 10.1 Å². The number of nitrogens with zero attached hydrogens (tertiary/aromatic N) is 1. The number of hydrogen-bond donors (Lipinski definition) is 1. The molecule has 1 atom stereocenters. The third-order valence-corrected chi connectivity index (χ3v) is 6.76. The van der Waals surface area contributed by atoms with E-state index in [4.69, 9.17) is 16.3 Å². The van der Waals surface area contributed by atoms with E-state index < -0.39 is 10.0 Å². The first kappa shape index (κ1) is 18.2. The number of para-hydroxylation sites is 1. The second-order valence-corrected chi connectivity index (χ2v) is 8.28. The Labute approximate surface area is 153 Å². The summed E-state index contributed by atoms with van der Waals surface area (Å²) >= 11 is 6.21. The van der Waals surface area contributed by atoms with Crippen molar-refractivity contribution in [2.24, 2.45) is 0 Å². The average Bonchev–Trinajstić information content (AvgIpc) is 2.63. The molecular formula is C18H21ClN2O3S. The third-order valence-electron chi connectivity index (χ3n) is 4.37. The first-order valence-electron chi connectivity index (χ1n) is 8.07. The topological polar surface area (TPSA) is 58.6 Å². The van der Waals surface area contributed by atoms with Crippen molar-refractivity contribution in [1.29, 1.82) is 0 Å². The molecule has 0 saturated carbocycles. The van der Waals surface area contributed by atoms with E-state index in [1.807, 2.05) is 31.2 Å². The van der Waals surface area contributed by atoms with Crippen molar-refractivity contribution in [1.82, 2.24) is 9.62 Å². The molecule has 1 unspecified atom stereocenters. The van der Waals surface area contributed by atoms with Gasteiger partial charge in [0.2, 0.25) is 10.0 Å². The predicted octanol–water partition coefficient (Wildman–Crippen LogP) is 2.99. The van der Waals surface area contributed by atoms with E-state index in [9.17, 15) is 8.42 Å². The SMILES string of the molecule is COc1ccccc1C1CNCCN1S(=O)(=O)c1cc(C)ccc1Cl. The largest absolute Gasteiger partial charge is 0.496 e. The van der Waals surface area contributed by atoms with Gasteiger partial charge in [-0.3, -0.25) is 0 Å². The van der Waals surface area contributed by atoms with Crippen molar-refractivity contribution < 1.29 is 13.2 Å². The summed E-state index contributed by atoms with van der Waals surface area (Å²) in [5.74, 6) is 0.673. The lowest BCUT2D eigenvalue weighted by Gasteiger charge is -2.36. The lowest BCUT2D eigenvalue weighted by Crippen LogP contribution is -2.48. The van der Waals surface area contributed by atoms with E-state index in [2.05, 4.69) is 5.32 Å². The van der Waals surface area contributed by atoms with Crippen LogP contribution in [0.3, 0.4) is 0 Å². The van der Waals surface area contributed by atoms with Gasteiger partial charge >= 0.3 is 0 Å². The molecule has 1 heterocycles. The molecule has 7 heteroatoms. The Morgan fingerprint density at radius 3 is 2.76 bits per heavy atom. The smallest absolute Gasteiger partial charge is 0.245 e. The molecule has 1 fully saturated rings. The van der Waals surface area contributed by atoms with Crippen LogP contribution in [0.1, 0.15) is 17.2 Å². The quantitative estimate of drug-likeness (QED) is 0.885. The van der Waals surface area contributed by atoms with Crippen LogP contribution in [0, 0.1) is 6.92 Å². The fraction of sp³-hybridized carbons (Fsp3) is 0.333. The third kappa shape index (κ3) is 3.53. The highest BCUT2D eigenvalue weighted by Crippen LogP contribution is 2.35. The van der Waals surface area contributed by atoms with E-state index in [1.165, 1.54) is 4.31 Å². The number of methoxy groups -OCH3 is 1. The molecule has 1 saturated heterocycles. The molecule has 1 N–H and O–H groups in total.